The maximum atomic E-state index is 13.3. The maximum absolute atomic E-state index is 13.3. The van der Waals surface area contributed by atoms with E-state index >= 15 is 0 Å². The molecule has 1 aromatic rings. The van der Waals surface area contributed by atoms with Crippen molar-refractivity contribution in [2.24, 2.45) is 0 Å². The van der Waals surface area contributed by atoms with Gasteiger partial charge < -0.3 is 10.1 Å². The Morgan fingerprint density at radius 3 is 2.80 bits per heavy atom. The molecule has 0 spiro atoms. The summed E-state index contributed by atoms with van der Waals surface area (Å²) in [5, 5.41) is 2.90. The van der Waals surface area contributed by atoms with Gasteiger partial charge in [0, 0.05) is 24.3 Å². The Morgan fingerprint density at radius 1 is 1.60 bits per heavy atom. The molecule has 0 radical (unpaired) electrons. The maximum Gasteiger partial charge on any atom is 0.166 e. The van der Waals surface area contributed by atoms with Gasteiger partial charge in [-0.15, -0.1) is 0 Å². The number of pyridine rings is 1. The molecule has 0 aliphatic carbocycles. The third-order valence-corrected chi connectivity index (χ3v) is 2.48. The second kappa shape index (κ2) is 4.90. The summed E-state index contributed by atoms with van der Waals surface area (Å²) in [6.07, 6.45) is 1.55. The number of nitrogens with one attached hydrogen (secondary N) is 1. The average Bonchev–Trinajstić information content (AvgIpc) is 2.16. The van der Waals surface area contributed by atoms with E-state index in [1.165, 1.54) is 6.07 Å². The monoisotopic (exact) mass is 276 g/mol. The molecule has 5 heteroatoms. The molecule has 1 N–H and O–H groups in total. The van der Waals surface area contributed by atoms with Crippen LogP contribution in [0.15, 0.2) is 16.7 Å². The Labute approximate surface area is 97.2 Å². The van der Waals surface area contributed by atoms with Gasteiger partial charge in [0.05, 0.1) is 5.60 Å². The molecular formula is C10H14BrFN2O. The van der Waals surface area contributed by atoms with Crippen molar-refractivity contribution >= 4 is 21.7 Å². The lowest BCUT2D eigenvalue weighted by atomic mass is 10.1. The molecule has 0 bridgehead atoms. The number of hydrogen-bond acceptors (Lipinski definition) is 3. The third kappa shape index (κ3) is 3.76. The zero-order valence-corrected chi connectivity index (χ0v) is 10.6. The van der Waals surface area contributed by atoms with Gasteiger partial charge in [-0.2, -0.15) is 0 Å². The molecule has 0 amide bonds. The normalized spacial score (nSPS) is 11.5. The minimum absolute atomic E-state index is 0.239. The quantitative estimate of drug-likeness (QED) is 0.918. The van der Waals surface area contributed by atoms with Gasteiger partial charge in [-0.1, -0.05) is 0 Å². The number of hydrogen-bond donors (Lipinski definition) is 1. The number of nitrogens with zero attached hydrogens (tertiary/aromatic N) is 1. The van der Waals surface area contributed by atoms with Gasteiger partial charge >= 0.3 is 0 Å². The van der Waals surface area contributed by atoms with Gasteiger partial charge in [0.1, 0.15) is 0 Å². The fourth-order valence-electron chi connectivity index (χ4n) is 0.913. The molecule has 0 saturated heterocycles. The average molecular weight is 277 g/mol. The first-order valence-electron chi connectivity index (χ1n) is 4.55. The van der Waals surface area contributed by atoms with Crippen molar-refractivity contribution in [1.82, 2.24) is 4.98 Å². The van der Waals surface area contributed by atoms with E-state index in [1.807, 2.05) is 13.8 Å². The predicted molar refractivity (Wildman–Crippen MR) is 61.5 cm³/mol. The highest BCUT2D eigenvalue weighted by atomic mass is 79.9. The highest BCUT2D eigenvalue weighted by molar-refractivity contribution is 9.10. The lowest BCUT2D eigenvalue weighted by Gasteiger charge is -2.23. The lowest BCUT2D eigenvalue weighted by molar-refractivity contribution is 0.0342. The molecule has 0 saturated carbocycles. The van der Waals surface area contributed by atoms with E-state index in [9.17, 15) is 4.39 Å². The zero-order chi connectivity index (χ0) is 11.5. The van der Waals surface area contributed by atoms with Gasteiger partial charge in [0.2, 0.25) is 0 Å². The molecule has 0 atom stereocenters. The molecule has 0 unspecified atom stereocenters. The molecule has 3 nitrogen and oxygen atoms in total. The number of halogens is 2. The number of ether oxygens (including phenoxy) is 1. The number of methoxy groups -OCH3 is 1. The first-order chi connectivity index (χ1) is 6.94. The molecule has 0 aliphatic rings. The largest absolute Gasteiger partial charge is 0.377 e. The van der Waals surface area contributed by atoms with Crippen molar-refractivity contribution in [3.8, 4) is 0 Å². The minimum Gasteiger partial charge on any atom is -0.377 e. The Hall–Kier alpha value is -0.680. The summed E-state index contributed by atoms with van der Waals surface area (Å²) in [5.41, 5.74) is -0.346. The van der Waals surface area contributed by atoms with Crippen molar-refractivity contribution in [3.05, 3.63) is 22.6 Å². The van der Waals surface area contributed by atoms with E-state index in [4.69, 9.17) is 4.74 Å². The third-order valence-electron chi connectivity index (χ3n) is 2.04. The van der Waals surface area contributed by atoms with Crippen LogP contribution in [0.3, 0.4) is 0 Å². The summed E-state index contributed by atoms with van der Waals surface area (Å²) in [4.78, 5) is 3.93. The van der Waals surface area contributed by atoms with Gasteiger partial charge in [-0.3, -0.25) is 0 Å². The van der Waals surface area contributed by atoms with Gasteiger partial charge in [-0.25, -0.2) is 9.37 Å². The summed E-state index contributed by atoms with van der Waals surface area (Å²) in [6, 6.07) is 1.37. The number of aromatic nitrogens is 1. The topological polar surface area (TPSA) is 34.1 Å². The molecule has 15 heavy (non-hydrogen) atoms. The van der Waals surface area contributed by atoms with Crippen LogP contribution in [0.25, 0.3) is 0 Å². The smallest absolute Gasteiger partial charge is 0.166 e. The highest BCUT2D eigenvalue weighted by Crippen LogP contribution is 2.17. The first-order valence-corrected chi connectivity index (χ1v) is 5.34. The highest BCUT2D eigenvalue weighted by Gasteiger charge is 2.16. The van der Waals surface area contributed by atoms with Gasteiger partial charge in [0.15, 0.2) is 11.6 Å². The molecular weight excluding hydrogens is 263 g/mol. The lowest BCUT2D eigenvalue weighted by Crippen LogP contribution is -2.32. The van der Waals surface area contributed by atoms with E-state index in [1.54, 1.807) is 13.3 Å². The van der Waals surface area contributed by atoms with E-state index in [0.717, 1.165) is 0 Å². The summed E-state index contributed by atoms with van der Waals surface area (Å²) in [6.45, 7) is 4.32. The molecule has 1 heterocycles. The number of anilines is 1. The van der Waals surface area contributed by atoms with Crippen LogP contribution >= 0.6 is 15.9 Å². The van der Waals surface area contributed by atoms with Crippen LogP contribution in [0, 0.1) is 5.82 Å². The van der Waals surface area contributed by atoms with Crippen molar-refractivity contribution in [3.63, 3.8) is 0 Å². The van der Waals surface area contributed by atoms with Crippen LogP contribution in [-0.4, -0.2) is 24.2 Å². The van der Waals surface area contributed by atoms with Crippen LogP contribution < -0.4 is 5.32 Å². The van der Waals surface area contributed by atoms with Crippen molar-refractivity contribution in [2.75, 3.05) is 19.0 Å². The second-order valence-corrected chi connectivity index (χ2v) is 4.72. The molecule has 1 rings (SSSR count). The van der Waals surface area contributed by atoms with Crippen LogP contribution in [0.5, 0.6) is 0 Å². The summed E-state index contributed by atoms with van der Waals surface area (Å²) >= 11 is 3.15. The van der Waals surface area contributed by atoms with E-state index in [-0.39, 0.29) is 17.2 Å². The fourth-order valence-corrected chi connectivity index (χ4v) is 1.22. The first kappa shape index (κ1) is 12.4. The van der Waals surface area contributed by atoms with E-state index in [0.29, 0.717) is 11.0 Å². The van der Waals surface area contributed by atoms with Crippen molar-refractivity contribution < 1.29 is 9.13 Å². The summed E-state index contributed by atoms with van der Waals surface area (Å²) in [7, 11) is 1.62. The summed E-state index contributed by atoms with van der Waals surface area (Å²) in [5.74, 6) is -0.139. The molecule has 84 valence electrons. The van der Waals surface area contributed by atoms with E-state index < -0.39 is 0 Å². The van der Waals surface area contributed by atoms with E-state index in [2.05, 4.69) is 26.2 Å². The minimum atomic E-state index is -0.378. The molecule has 0 aliphatic heterocycles. The van der Waals surface area contributed by atoms with Gasteiger partial charge in [-0.05, 0) is 35.8 Å². The SMILES string of the molecule is COC(C)(C)CNc1ncc(Br)cc1F. The Balaban J connectivity index is 2.66. The van der Waals surface area contributed by atoms with Crippen molar-refractivity contribution in [2.45, 2.75) is 19.4 Å². The molecule has 1 aromatic heterocycles. The zero-order valence-electron chi connectivity index (χ0n) is 8.97. The molecule has 0 fully saturated rings. The number of rotatable bonds is 4. The van der Waals surface area contributed by atoms with Gasteiger partial charge in [0.25, 0.3) is 0 Å². The standard InChI is InChI=1S/C10H14BrFN2O/c1-10(2,15-3)6-14-9-8(12)4-7(11)5-13-9/h4-5H,6H2,1-3H3,(H,13,14). The Morgan fingerprint density at radius 2 is 2.27 bits per heavy atom. The Kier molecular flexibility index (Phi) is 4.04. The Bertz CT molecular complexity index is 344. The fraction of sp³-hybridized carbons (Fsp3) is 0.500. The van der Waals surface area contributed by atoms with Crippen LogP contribution in [0.4, 0.5) is 10.2 Å². The van der Waals surface area contributed by atoms with Crippen LogP contribution in [-0.2, 0) is 4.74 Å². The molecule has 0 aromatic carbocycles. The summed E-state index contributed by atoms with van der Waals surface area (Å²) < 4.78 is 19.2. The van der Waals surface area contributed by atoms with Crippen LogP contribution in [0.1, 0.15) is 13.8 Å². The van der Waals surface area contributed by atoms with Crippen LogP contribution in [0.2, 0.25) is 0 Å². The second-order valence-electron chi connectivity index (χ2n) is 3.80. The van der Waals surface area contributed by atoms with Crippen molar-refractivity contribution in [1.29, 1.82) is 0 Å². The predicted octanol–water partition coefficient (Wildman–Crippen LogP) is 2.82.